The quantitative estimate of drug-likeness (QED) is 0.270. The van der Waals surface area contributed by atoms with Crippen LogP contribution >= 0.6 is 11.6 Å². The third kappa shape index (κ3) is 5.79. The molecule has 1 saturated carbocycles. The summed E-state index contributed by atoms with van der Waals surface area (Å²) in [5.74, 6) is 1.50. The van der Waals surface area contributed by atoms with Gasteiger partial charge in [0.1, 0.15) is 23.7 Å². The van der Waals surface area contributed by atoms with Crippen molar-refractivity contribution in [2.24, 2.45) is 11.8 Å². The average Bonchev–Trinajstić information content (AvgIpc) is 3.28. The first-order chi connectivity index (χ1) is 17.5. The smallest absolute Gasteiger partial charge is 0.224 e. The van der Waals surface area contributed by atoms with E-state index >= 15 is 0 Å². The second kappa shape index (κ2) is 11.0. The van der Waals surface area contributed by atoms with E-state index in [1.165, 1.54) is 24.7 Å². The van der Waals surface area contributed by atoms with Crippen LogP contribution in [0.5, 0.6) is 0 Å². The molecule has 8 nitrogen and oxygen atoms in total. The van der Waals surface area contributed by atoms with Crippen LogP contribution in [0.4, 0.5) is 15.9 Å². The van der Waals surface area contributed by atoms with Crippen molar-refractivity contribution in [2.75, 3.05) is 10.6 Å². The van der Waals surface area contributed by atoms with Gasteiger partial charge in [-0.3, -0.25) is 9.78 Å². The van der Waals surface area contributed by atoms with Crippen molar-refractivity contribution in [1.29, 1.82) is 0 Å². The third-order valence-corrected chi connectivity index (χ3v) is 6.90. The summed E-state index contributed by atoms with van der Waals surface area (Å²) in [5, 5.41) is 5.99. The highest BCUT2D eigenvalue weighted by Crippen LogP contribution is 2.34. The highest BCUT2D eigenvalue weighted by molar-refractivity contribution is 6.33. The predicted octanol–water partition coefficient (Wildman–Crippen LogP) is 5.53. The molecule has 1 aliphatic carbocycles. The largest absolute Gasteiger partial charge is 0.362 e. The van der Waals surface area contributed by atoms with Gasteiger partial charge in [0.2, 0.25) is 5.91 Å². The summed E-state index contributed by atoms with van der Waals surface area (Å²) in [7, 11) is 0. The highest BCUT2D eigenvalue weighted by Gasteiger charge is 2.26. The predicted molar refractivity (Wildman–Crippen MR) is 137 cm³/mol. The summed E-state index contributed by atoms with van der Waals surface area (Å²) in [6, 6.07) is 10.9. The molecule has 3 N–H and O–H groups in total. The Bertz CT molecular complexity index is 1330. The van der Waals surface area contributed by atoms with Crippen molar-refractivity contribution < 1.29 is 9.18 Å². The van der Waals surface area contributed by atoms with Gasteiger partial charge in [-0.25, -0.2) is 19.3 Å². The van der Waals surface area contributed by atoms with Gasteiger partial charge in [-0.1, -0.05) is 30.2 Å². The van der Waals surface area contributed by atoms with Crippen LogP contribution < -0.4 is 10.6 Å². The number of benzene rings is 1. The minimum atomic E-state index is -0.426. The number of pyridine rings is 1. The first-order valence-corrected chi connectivity index (χ1v) is 12.5. The Balaban J connectivity index is 1.19. The Kier molecular flexibility index (Phi) is 7.36. The molecule has 5 rings (SSSR count). The Hall–Kier alpha value is -3.59. The Morgan fingerprint density at radius 2 is 1.97 bits per heavy atom. The number of amides is 1. The van der Waals surface area contributed by atoms with Crippen LogP contribution in [0.2, 0.25) is 5.15 Å². The minimum absolute atomic E-state index is 0.0922. The lowest BCUT2D eigenvalue weighted by atomic mass is 9.78. The molecule has 2 atom stereocenters. The lowest BCUT2D eigenvalue weighted by molar-refractivity contribution is -0.117. The van der Waals surface area contributed by atoms with Gasteiger partial charge in [-0.15, -0.1) is 0 Å². The number of carbonyl (C=O) groups is 1. The lowest BCUT2D eigenvalue weighted by Crippen LogP contribution is -2.23. The van der Waals surface area contributed by atoms with Crippen molar-refractivity contribution in [2.45, 2.75) is 45.1 Å². The summed E-state index contributed by atoms with van der Waals surface area (Å²) in [4.78, 5) is 33.3. The third-order valence-electron chi connectivity index (χ3n) is 6.61. The summed E-state index contributed by atoms with van der Waals surface area (Å²) in [6.07, 6.45) is 8.26. The van der Waals surface area contributed by atoms with Gasteiger partial charge in [-0.2, -0.15) is 0 Å². The van der Waals surface area contributed by atoms with Crippen LogP contribution in [-0.2, 0) is 17.8 Å². The molecular weight excluding hydrogens is 481 g/mol. The molecule has 186 valence electrons. The molecule has 1 amide bonds. The fourth-order valence-electron chi connectivity index (χ4n) is 4.93. The van der Waals surface area contributed by atoms with Gasteiger partial charge in [0.15, 0.2) is 11.0 Å². The normalized spacial score (nSPS) is 17.7. The number of fused-ring (bicyclic) bond motifs is 1. The van der Waals surface area contributed by atoms with Gasteiger partial charge in [0, 0.05) is 19.0 Å². The van der Waals surface area contributed by atoms with E-state index in [1.807, 2.05) is 24.3 Å². The Morgan fingerprint density at radius 3 is 2.83 bits per heavy atom. The minimum Gasteiger partial charge on any atom is -0.362 e. The van der Waals surface area contributed by atoms with Gasteiger partial charge < -0.3 is 15.6 Å². The fourth-order valence-corrected chi connectivity index (χ4v) is 5.11. The molecule has 10 heteroatoms. The number of para-hydroxylation sites is 2. The molecule has 4 aromatic rings. The molecule has 1 aromatic carbocycles. The Morgan fingerprint density at radius 1 is 1.11 bits per heavy atom. The number of H-pyrrole nitrogens is 1. The molecule has 1 fully saturated rings. The SMILES string of the molecule is O=C(CC1CCCC(Cc2nc3ccccc3[nH]2)C1)Nc1c(Cl)ncnc1NCc1ncccc1F. The maximum absolute atomic E-state index is 13.9. The van der Waals surface area contributed by atoms with E-state index in [0.717, 1.165) is 49.0 Å². The van der Waals surface area contributed by atoms with Gasteiger partial charge in [0.05, 0.1) is 23.3 Å². The zero-order valence-corrected chi connectivity index (χ0v) is 20.4. The van der Waals surface area contributed by atoms with Crippen LogP contribution in [0.25, 0.3) is 11.0 Å². The summed E-state index contributed by atoms with van der Waals surface area (Å²) in [5.41, 5.74) is 2.56. The van der Waals surface area contributed by atoms with Crippen molar-refractivity contribution in [1.82, 2.24) is 24.9 Å². The van der Waals surface area contributed by atoms with Crippen molar-refractivity contribution in [3.8, 4) is 0 Å². The zero-order valence-electron chi connectivity index (χ0n) is 19.7. The fraction of sp³-hybridized carbons (Fsp3) is 0.346. The summed E-state index contributed by atoms with van der Waals surface area (Å²) >= 11 is 6.27. The van der Waals surface area contributed by atoms with E-state index in [9.17, 15) is 9.18 Å². The van der Waals surface area contributed by atoms with Gasteiger partial charge in [-0.05, 0) is 55.4 Å². The standard InChI is InChI=1S/C26H27ClFN7O/c27-25-24(26(32-15-31-25)30-14-21-18(28)7-4-10-29-21)35-23(36)13-17-6-3-5-16(11-17)12-22-33-19-8-1-2-9-20(19)34-22/h1-2,4,7-10,15-17H,3,5-6,11-14H2,(H,33,34)(H,35,36)(H,30,31,32). The summed E-state index contributed by atoms with van der Waals surface area (Å²) in [6.45, 7) is 0.0922. The number of carbonyl (C=O) groups excluding carboxylic acids is 1. The molecule has 1 aliphatic rings. The topological polar surface area (TPSA) is 108 Å². The van der Waals surface area contributed by atoms with E-state index in [-0.39, 0.29) is 34.9 Å². The number of hydrogen-bond donors (Lipinski definition) is 3. The van der Waals surface area contributed by atoms with E-state index in [1.54, 1.807) is 0 Å². The number of aromatic amines is 1. The first kappa shape index (κ1) is 24.1. The number of anilines is 2. The van der Waals surface area contributed by atoms with Gasteiger partial charge >= 0.3 is 0 Å². The van der Waals surface area contributed by atoms with Crippen LogP contribution in [0.3, 0.4) is 0 Å². The number of nitrogens with zero attached hydrogens (tertiary/aromatic N) is 4. The van der Waals surface area contributed by atoms with Crippen LogP contribution in [0.1, 0.15) is 43.6 Å². The van der Waals surface area contributed by atoms with Gasteiger partial charge in [0.25, 0.3) is 0 Å². The second-order valence-electron chi connectivity index (χ2n) is 9.23. The molecule has 2 unspecified atom stereocenters. The van der Waals surface area contributed by atoms with Crippen LogP contribution in [0, 0.1) is 17.7 Å². The number of hydrogen-bond acceptors (Lipinski definition) is 6. The number of aromatic nitrogens is 5. The summed E-state index contributed by atoms with van der Waals surface area (Å²) < 4.78 is 13.9. The van der Waals surface area contributed by atoms with E-state index < -0.39 is 5.82 Å². The maximum Gasteiger partial charge on any atom is 0.224 e. The highest BCUT2D eigenvalue weighted by atomic mass is 35.5. The molecular formula is C26H27ClFN7O. The van der Waals surface area contributed by atoms with Crippen molar-refractivity contribution >= 4 is 40.0 Å². The molecule has 3 aromatic heterocycles. The Labute approximate surface area is 213 Å². The lowest BCUT2D eigenvalue weighted by Gasteiger charge is -2.28. The molecule has 3 heterocycles. The van der Waals surface area contributed by atoms with Crippen molar-refractivity contribution in [3.63, 3.8) is 0 Å². The monoisotopic (exact) mass is 507 g/mol. The second-order valence-corrected chi connectivity index (χ2v) is 9.59. The number of rotatable bonds is 8. The molecule has 0 radical (unpaired) electrons. The number of halogens is 2. The zero-order chi connectivity index (χ0) is 24.9. The molecule has 0 bridgehead atoms. The van der Waals surface area contributed by atoms with Crippen LogP contribution in [-0.4, -0.2) is 30.8 Å². The van der Waals surface area contributed by atoms with Crippen LogP contribution in [0.15, 0.2) is 48.9 Å². The molecule has 36 heavy (non-hydrogen) atoms. The molecule has 0 spiro atoms. The number of imidazole rings is 1. The van der Waals surface area contributed by atoms with E-state index in [4.69, 9.17) is 16.6 Å². The van der Waals surface area contributed by atoms with Crippen molar-refractivity contribution in [3.05, 3.63) is 71.4 Å². The first-order valence-electron chi connectivity index (χ1n) is 12.1. The molecule has 0 aliphatic heterocycles. The average molecular weight is 508 g/mol. The molecule has 0 saturated heterocycles. The van der Waals surface area contributed by atoms with E-state index in [0.29, 0.717) is 18.2 Å². The maximum atomic E-state index is 13.9. The number of nitrogens with one attached hydrogen (secondary N) is 3. The van der Waals surface area contributed by atoms with E-state index in [2.05, 4.69) is 30.6 Å².